The molecular weight excluding hydrogens is 358 g/mol. The number of nitrogens with zero attached hydrogens (tertiary/aromatic N) is 4. The van der Waals surface area contributed by atoms with Crippen LogP contribution in [-0.4, -0.2) is 39.2 Å². The second kappa shape index (κ2) is 6.92. The minimum Gasteiger partial charge on any atom is -0.490 e. The number of anilines is 1. The van der Waals surface area contributed by atoms with Crippen LogP contribution in [-0.2, 0) is 4.79 Å². The molecule has 1 aliphatic heterocycles. The maximum absolute atomic E-state index is 13.1. The van der Waals surface area contributed by atoms with Gasteiger partial charge in [0.15, 0.2) is 17.3 Å². The molecular formula is C20H25N5O3. The van der Waals surface area contributed by atoms with Gasteiger partial charge < -0.3 is 14.8 Å². The van der Waals surface area contributed by atoms with Crippen LogP contribution in [0, 0.1) is 5.41 Å². The second-order valence-corrected chi connectivity index (χ2v) is 7.88. The number of hydrogen-bond acceptors (Lipinski definition) is 7. The van der Waals surface area contributed by atoms with E-state index in [1.54, 1.807) is 4.68 Å². The standard InChI is InChI=1S/C20H25N5O3/c1-5-27-15-8-7-12(9-16(15)28-6-2)18-17-13(10-20(3,4)11-14(17)26)21-19-22-23-24-25(18)19/h7-9,18H,5-6,10-11H2,1-4H3,(H,21,22,24). The van der Waals surface area contributed by atoms with Crippen molar-refractivity contribution in [2.75, 3.05) is 18.5 Å². The van der Waals surface area contributed by atoms with Gasteiger partial charge in [-0.1, -0.05) is 25.0 Å². The van der Waals surface area contributed by atoms with Gasteiger partial charge in [0.05, 0.1) is 13.2 Å². The van der Waals surface area contributed by atoms with Gasteiger partial charge in [-0.3, -0.25) is 4.79 Å². The van der Waals surface area contributed by atoms with Gasteiger partial charge in [-0.15, -0.1) is 0 Å². The van der Waals surface area contributed by atoms with E-state index in [9.17, 15) is 4.79 Å². The Bertz CT molecular complexity index is 947. The van der Waals surface area contributed by atoms with Gasteiger partial charge in [0, 0.05) is 17.7 Å². The van der Waals surface area contributed by atoms with E-state index in [0.29, 0.717) is 37.1 Å². The molecule has 0 saturated carbocycles. The molecule has 1 aromatic heterocycles. The highest BCUT2D eigenvalue weighted by Gasteiger charge is 2.41. The van der Waals surface area contributed by atoms with Crippen LogP contribution in [0.5, 0.6) is 11.5 Å². The maximum atomic E-state index is 13.1. The van der Waals surface area contributed by atoms with Gasteiger partial charge in [-0.2, -0.15) is 4.68 Å². The quantitative estimate of drug-likeness (QED) is 0.848. The summed E-state index contributed by atoms with van der Waals surface area (Å²) in [7, 11) is 0. The lowest BCUT2D eigenvalue weighted by atomic mass is 9.73. The normalized spacial score (nSPS) is 20.3. The van der Waals surface area contributed by atoms with Crippen LogP contribution < -0.4 is 14.8 Å². The molecule has 1 unspecified atom stereocenters. The van der Waals surface area contributed by atoms with Gasteiger partial charge in [0.1, 0.15) is 6.04 Å². The number of carbonyl (C=O) groups excluding carboxylic acids is 1. The van der Waals surface area contributed by atoms with Crippen LogP contribution in [0.3, 0.4) is 0 Å². The van der Waals surface area contributed by atoms with Crippen molar-refractivity contribution in [2.45, 2.75) is 46.6 Å². The van der Waals surface area contributed by atoms with Crippen LogP contribution in [0.1, 0.15) is 52.1 Å². The van der Waals surface area contributed by atoms with E-state index >= 15 is 0 Å². The fourth-order valence-corrected chi connectivity index (χ4v) is 4.02. The highest BCUT2D eigenvalue weighted by atomic mass is 16.5. The van der Waals surface area contributed by atoms with Crippen molar-refractivity contribution >= 4 is 11.7 Å². The Labute approximate surface area is 163 Å². The number of rotatable bonds is 5. The van der Waals surface area contributed by atoms with Crippen molar-refractivity contribution in [2.24, 2.45) is 5.41 Å². The van der Waals surface area contributed by atoms with Crippen LogP contribution in [0.15, 0.2) is 29.5 Å². The van der Waals surface area contributed by atoms with Crippen molar-refractivity contribution in [3.63, 3.8) is 0 Å². The Hall–Kier alpha value is -2.90. The first kappa shape index (κ1) is 18.5. The molecule has 0 saturated heterocycles. The highest BCUT2D eigenvalue weighted by molar-refractivity contribution is 6.00. The third kappa shape index (κ3) is 3.12. The number of ketones is 1. The number of carbonyl (C=O) groups is 1. The summed E-state index contributed by atoms with van der Waals surface area (Å²) < 4.78 is 13.1. The molecule has 8 heteroatoms. The summed E-state index contributed by atoms with van der Waals surface area (Å²) in [6, 6.07) is 5.37. The summed E-state index contributed by atoms with van der Waals surface area (Å²) in [5.41, 5.74) is 2.42. The molecule has 2 aliphatic rings. The predicted molar refractivity (Wildman–Crippen MR) is 103 cm³/mol. The van der Waals surface area contributed by atoms with E-state index in [1.165, 1.54) is 0 Å². The first-order chi connectivity index (χ1) is 13.4. The lowest BCUT2D eigenvalue weighted by Gasteiger charge is -2.37. The fourth-order valence-electron chi connectivity index (χ4n) is 4.02. The largest absolute Gasteiger partial charge is 0.490 e. The number of ether oxygens (including phenoxy) is 2. The van der Waals surface area contributed by atoms with Crippen LogP contribution in [0.25, 0.3) is 0 Å². The minimum atomic E-state index is -0.389. The Morgan fingerprint density at radius 2 is 1.93 bits per heavy atom. The van der Waals surface area contributed by atoms with E-state index < -0.39 is 0 Å². The topological polar surface area (TPSA) is 91.2 Å². The monoisotopic (exact) mass is 383 g/mol. The first-order valence-corrected chi connectivity index (χ1v) is 9.64. The number of Topliss-reactive ketones (excluding diaryl/α,β-unsaturated/α-hetero) is 1. The molecule has 2 heterocycles. The zero-order valence-corrected chi connectivity index (χ0v) is 16.7. The number of hydrogen-bond donors (Lipinski definition) is 1. The van der Waals surface area contributed by atoms with E-state index in [0.717, 1.165) is 23.3 Å². The van der Waals surface area contributed by atoms with Crippen LogP contribution in [0.4, 0.5) is 5.95 Å². The third-order valence-corrected chi connectivity index (χ3v) is 5.08. The second-order valence-electron chi connectivity index (χ2n) is 7.88. The fraction of sp³-hybridized carbons (Fsp3) is 0.500. The zero-order valence-electron chi connectivity index (χ0n) is 16.7. The molecule has 0 radical (unpaired) electrons. The van der Waals surface area contributed by atoms with Gasteiger partial charge in [-0.05, 0) is 53.8 Å². The molecule has 2 aromatic rings. The lowest BCUT2D eigenvalue weighted by molar-refractivity contribution is -0.118. The van der Waals surface area contributed by atoms with Gasteiger partial charge >= 0.3 is 0 Å². The van der Waals surface area contributed by atoms with Crippen molar-refractivity contribution in [1.29, 1.82) is 0 Å². The van der Waals surface area contributed by atoms with E-state index in [-0.39, 0.29) is 17.2 Å². The molecule has 0 bridgehead atoms. The smallest absolute Gasteiger partial charge is 0.248 e. The van der Waals surface area contributed by atoms with Crippen LogP contribution >= 0.6 is 0 Å². The summed E-state index contributed by atoms with van der Waals surface area (Å²) in [5, 5.41) is 15.3. The number of tetrazole rings is 1. The summed E-state index contributed by atoms with van der Waals surface area (Å²) in [6.07, 6.45) is 1.27. The van der Waals surface area contributed by atoms with E-state index in [2.05, 4.69) is 34.7 Å². The molecule has 8 nitrogen and oxygen atoms in total. The zero-order chi connectivity index (χ0) is 19.9. The molecule has 0 spiro atoms. The number of allylic oxidation sites excluding steroid dienone is 2. The minimum absolute atomic E-state index is 0.0988. The number of fused-ring (bicyclic) bond motifs is 1. The molecule has 4 rings (SSSR count). The number of benzene rings is 1. The molecule has 0 fully saturated rings. The summed E-state index contributed by atoms with van der Waals surface area (Å²) in [6.45, 7) is 9.14. The van der Waals surface area contributed by atoms with Gasteiger partial charge in [-0.25, -0.2) is 0 Å². The molecule has 1 aliphatic carbocycles. The number of aromatic nitrogens is 4. The maximum Gasteiger partial charge on any atom is 0.248 e. The summed E-state index contributed by atoms with van der Waals surface area (Å²) in [4.78, 5) is 13.1. The van der Waals surface area contributed by atoms with Crippen molar-refractivity contribution in [1.82, 2.24) is 20.2 Å². The average molecular weight is 383 g/mol. The molecule has 28 heavy (non-hydrogen) atoms. The SMILES string of the molecule is CCOc1ccc(C2C3=C(CC(C)(C)CC3=O)Nc3nnnn32)cc1OCC. The van der Waals surface area contributed by atoms with E-state index in [4.69, 9.17) is 9.47 Å². The summed E-state index contributed by atoms with van der Waals surface area (Å²) in [5.74, 6) is 2.00. The molecule has 1 aromatic carbocycles. The first-order valence-electron chi connectivity index (χ1n) is 9.64. The van der Waals surface area contributed by atoms with Crippen molar-refractivity contribution in [3.05, 3.63) is 35.0 Å². The Balaban J connectivity index is 1.84. The highest BCUT2D eigenvalue weighted by Crippen LogP contribution is 2.46. The Morgan fingerprint density at radius 3 is 2.68 bits per heavy atom. The predicted octanol–water partition coefficient (Wildman–Crippen LogP) is 3.13. The molecule has 0 amide bonds. The Kier molecular flexibility index (Phi) is 4.56. The lowest BCUT2D eigenvalue weighted by Crippen LogP contribution is -2.36. The van der Waals surface area contributed by atoms with Gasteiger partial charge in [0.25, 0.3) is 0 Å². The summed E-state index contributed by atoms with van der Waals surface area (Å²) >= 11 is 0. The molecule has 1 atom stereocenters. The number of nitrogens with one attached hydrogen (secondary N) is 1. The van der Waals surface area contributed by atoms with Gasteiger partial charge in [0.2, 0.25) is 5.95 Å². The van der Waals surface area contributed by atoms with Crippen molar-refractivity contribution in [3.8, 4) is 11.5 Å². The van der Waals surface area contributed by atoms with Crippen molar-refractivity contribution < 1.29 is 14.3 Å². The van der Waals surface area contributed by atoms with Crippen LogP contribution in [0.2, 0.25) is 0 Å². The average Bonchev–Trinajstić information content (AvgIpc) is 3.09. The molecule has 1 N–H and O–H groups in total. The van der Waals surface area contributed by atoms with E-state index in [1.807, 2.05) is 32.0 Å². The Morgan fingerprint density at radius 1 is 1.18 bits per heavy atom. The molecule has 148 valence electrons. The third-order valence-electron chi connectivity index (χ3n) is 5.08.